The summed E-state index contributed by atoms with van der Waals surface area (Å²) in [5, 5.41) is 5.51. The van der Waals surface area contributed by atoms with Crippen LogP contribution in [0.25, 0.3) is 44.3 Å². The van der Waals surface area contributed by atoms with Gasteiger partial charge in [-0.3, -0.25) is 9.08 Å². The molecular weight excluding hydrogens is 985 g/mol. The number of alkyl carbamates (subject to hydrolysis) is 1. The number of carbonyl (C=O) groups is 2. The Morgan fingerprint density at radius 1 is 0.645 bits per heavy atom. The molecule has 4 aromatic carbocycles. The van der Waals surface area contributed by atoms with Gasteiger partial charge in [-0.1, -0.05) is 105 Å². The molecule has 2 fully saturated rings. The van der Waals surface area contributed by atoms with Crippen molar-refractivity contribution < 1.29 is 50.8 Å². The molecule has 2 aromatic heterocycles. The van der Waals surface area contributed by atoms with E-state index in [1.54, 1.807) is 0 Å². The summed E-state index contributed by atoms with van der Waals surface area (Å²) >= 11 is 0. The third kappa shape index (κ3) is 15.0. The molecule has 6 aromatic rings. The van der Waals surface area contributed by atoms with Gasteiger partial charge in [0.1, 0.15) is 11.2 Å². The van der Waals surface area contributed by atoms with Crippen LogP contribution in [0.3, 0.4) is 0 Å². The average Bonchev–Trinajstić information content (AvgIpc) is 3.78. The van der Waals surface area contributed by atoms with Gasteiger partial charge in [0.05, 0.1) is 29.9 Å². The van der Waals surface area contributed by atoms with Crippen LogP contribution in [-0.2, 0) is 62.6 Å². The number of nitrogens with one attached hydrogen (secondary N) is 1. The van der Waals surface area contributed by atoms with E-state index in [9.17, 15) is 18.0 Å². The Labute approximate surface area is 447 Å². The lowest BCUT2D eigenvalue weighted by molar-refractivity contribution is -0.193. The van der Waals surface area contributed by atoms with Gasteiger partial charge in [0.2, 0.25) is 0 Å². The molecule has 2 amide bonds. The maximum atomic E-state index is 13.2. The topological polar surface area (TPSA) is 189 Å². The third-order valence-corrected chi connectivity index (χ3v) is 14.4. The molecule has 1 aliphatic heterocycles. The van der Waals surface area contributed by atoms with Gasteiger partial charge < -0.3 is 23.9 Å². The lowest BCUT2D eigenvalue weighted by Gasteiger charge is -2.28. The molecular formula is C60H74N4O11S. The Morgan fingerprint density at radius 3 is 1.70 bits per heavy atom. The highest BCUT2D eigenvalue weighted by atomic mass is 32.2. The number of benzene rings is 4. The molecule has 0 atom stereocenters. The fourth-order valence-corrected chi connectivity index (χ4v) is 11.3. The van der Waals surface area contributed by atoms with Crippen molar-refractivity contribution in [2.75, 3.05) is 24.2 Å². The van der Waals surface area contributed by atoms with Crippen LogP contribution >= 0.6 is 0 Å². The van der Waals surface area contributed by atoms with E-state index in [-0.39, 0.29) is 25.0 Å². The molecule has 9 rings (SSSR count). The molecule has 2 saturated carbocycles. The molecule has 406 valence electrons. The lowest BCUT2D eigenvalue weighted by Crippen LogP contribution is -2.38. The van der Waals surface area contributed by atoms with Crippen LogP contribution in [0.2, 0.25) is 0 Å². The van der Waals surface area contributed by atoms with E-state index in [0.29, 0.717) is 31.5 Å². The highest BCUT2D eigenvalue weighted by molar-refractivity contribution is 7.85. The van der Waals surface area contributed by atoms with Crippen molar-refractivity contribution in [3.8, 4) is 22.5 Å². The fraction of sp³-hybridized carbons (Fsp3) is 0.467. The number of para-hydroxylation sites is 1. The predicted octanol–water partition coefficient (Wildman–Crippen LogP) is 12.9. The summed E-state index contributed by atoms with van der Waals surface area (Å²) in [6.45, 7) is 17.8. The molecule has 1 N–H and O–H groups in total. The molecule has 0 spiro atoms. The van der Waals surface area contributed by atoms with E-state index in [0.717, 1.165) is 64.8 Å². The van der Waals surface area contributed by atoms with Crippen LogP contribution in [0.5, 0.6) is 0 Å². The van der Waals surface area contributed by atoms with Gasteiger partial charge in [0, 0.05) is 59.1 Å². The summed E-state index contributed by atoms with van der Waals surface area (Å²) in [5.41, 5.74) is 12.8. The van der Waals surface area contributed by atoms with Gasteiger partial charge in [0.25, 0.3) is 10.1 Å². The minimum absolute atomic E-state index is 0.0319. The Kier molecular flexibility index (Phi) is 19.8. The normalized spacial score (nSPS) is 14.9. The summed E-state index contributed by atoms with van der Waals surface area (Å²) < 4.78 is 44.9. The average molecular weight is 1060 g/mol. The van der Waals surface area contributed by atoms with Crippen LogP contribution in [0, 0.1) is 13.8 Å². The van der Waals surface area contributed by atoms with Gasteiger partial charge >= 0.3 is 24.5 Å². The number of hydrogen-bond acceptors (Lipinski definition) is 11. The van der Waals surface area contributed by atoms with Crippen molar-refractivity contribution in [1.29, 1.82) is 0 Å². The number of aryl methyl sites for hydroxylation is 2. The van der Waals surface area contributed by atoms with E-state index >= 15 is 0 Å². The zero-order chi connectivity index (χ0) is 55.4. The number of carbonyl (C=O) groups excluding carboxylic acids is 6. The summed E-state index contributed by atoms with van der Waals surface area (Å²) in [5.74, 6) is 0.985. The number of anilines is 1. The monoisotopic (exact) mass is 1060 g/mol. The Morgan fingerprint density at radius 2 is 1.14 bits per heavy atom. The predicted molar refractivity (Wildman–Crippen MR) is 293 cm³/mol. The van der Waals surface area contributed by atoms with Gasteiger partial charge in [0.15, 0.2) is 0 Å². The van der Waals surface area contributed by atoms with Crippen LogP contribution < -0.4 is 10.2 Å². The zero-order valence-electron chi connectivity index (χ0n) is 45.6. The zero-order valence-corrected chi connectivity index (χ0v) is 46.4. The molecule has 76 heavy (non-hydrogen) atoms. The second-order valence-electron chi connectivity index (χ2n) is 21.9. The summed E-state index contributed by atoms with van der Waals surface area (Å²) in [7, 11) is -3.60. The minimum atomic E-state index is -3.60. The number of aromatic nitrogens is 2. The van der Waals surface area contributed by atoms with Crippen molar-refractivity contribution in [2.45, 2.75) is 162 Å². The first-order chi connectivity index (χ1) is 36.1. The molecule has 0 radical (unpaired) electrons. The maximum absolute atomic E-state index is 13.2. The minimum Gasteiger partial charge on any atom is -0.444 e. The van der Waals surface area contributed by atoms with Crippen molar-refractivity contribution in [3.63, 3.8) is 0 Å². The molecule has 16 heteroatoms. The maximum Gasteiger partial charge on any atom is 0.414 e. The number of hydrogen-bond donors (Lipinski definition) is 1. The van der Waals surface area contributed by atoms with Crippen LogP contribution in [0.4, 0.5) is 15.3 Å². The van der Waals surface area contributed by atoms with Gasteiger partial charge in [-0.2, -0.15) is 27.6 Å². The van der Waals surface area contributed by atoms with E-state index < -0.39 is 27.4 Å². The molecule has 0 bridgehead atoms. The lowest BCUT2D eigenvalue weighted by atomic mass is 9.81. The fourth-order valence-electron chi connectivity index (χ4n) is 11.0. The summed E-state index contributed by atoms with van der Waals surface area (Å²) in [6, 6.07) is 29.7. The van der Waals surface area contributed by atoms with E-state index in [1.165, 1.54) is 90.0 Å². The number of rotatable bonds is 9. The first kappa shape index (κ1) is 58.4. The number of fused-ring (bicyclic) bond motifs is 6. The molecule has 0 unspecified atom stereocenters. The smallest absolute Gasteiger partial charge is 0.414 e. The second-order valence-corrected chi connectivity index (χ2v) is 23.6. The van der Waals surface area contributed by atoms with Crippen LogP contribution in [-0.4, -0.2) is 72.6 Å². The molecule has 3 heterocycles. The summed E-state index contributed by atoms with van der Waals surface area (Å²) in [4.78, 5) is 59.9. The first-order valence-corrected chi connectivity index (χ1v) is 28.1. The highest BCUT2D eigenvalue weighted by Gasteiger charge is 2.34. The number of amides is 2. The standard InChI is InChI=1S/C30H40N2O5S.C28H34N2O2.2CO2/c1-21-15-16-25-26(19-21)32(18-17-31-29(33)37-30(2,3)4)28(27(25)22-11-7-6-8-12-22)24-14-10-9-13-23(24)20-36-38(5,34)35;1-19-14-15-21-24(18-19)29-16-17-30(27(31)32-28(2,3)4)23-13-9-8-12-22(23)26(29)25(21)20-10-6-5-7-11-20;2*2-1-3/h9-10,13-16,19,22H,6-8,11-12,17-18,20H2,1-5H3,(H,31,33);8-9,12-15,18,20H,5-7,10-11,16-17H2,1-4H3;;. The molecule has 3 aliphatic rings. The van der Waals surface area contributed by atoms with Gasteiger partial charge in [-0.15, -0.1) is 0 Å². The molecule has 15 nitrogen and oxygen atoms in total. The van der Waals surface area contributed by atoms with E-state index in [2.05, 4.69) is 82.9 Å². The van der Waals surface area contributed by atoms with Gasteiger partial charge in [-0.25, -0.2) is 9.59 Å². The quantitative estimate of drug-likeness (QED) is 0.136. The first-order valence-electron chi connectivity index (χ1n) is 26.3. The largest absolute Gasteiger partial charge is 0.444 e. The van der Waals surface area contributed by atoms with Crippen LogP contribution in [0.15, 0.2) is 84.9 Å². The van der Waals surface area contributed by atoms with Crippen molar-refractivity contribution in [2.24, 2.45) is 0 Å². The summed E-state index contributed by atoms with van der Waals surface area (Å²) in [6.07, 6.45) is 13.2. The van der Waals surface area contributed by atoms with Crippen molar-refractivity contribution in [1.82, 2.24) is 14.5 Å². The number of ether oxygens (including phenoxy) is 2. The number of nitrogens with zero attached hydrogens (tertiary/aromatic N) is 3. The SMILES string of the molecule is Cc1ccc2c(C3CCCCC3)c(-c3ccccc3COS(C)(=O)=O)n(CCNC(=O)OC(C)(C)C)c2c1.Cc1ccc2c(C3CCCCC3)c3n(c2c1)CCN(C(=O)OC(C)(C)C)c1ccccc1-3.O=C=O.O=C=O. The Bertz CT molecular complexity index is 3160. The van der Waals surface area contributed by atoms with Crippen molar-refractivity contribution >= 4 is 62.1 Å². The Balaban J connectivity index is 0.000000226. The third-order valence-electron chi connectivity index (χ3n) is 13.9. The van der Waals surface area contributed by atoms with E-state index in [1.807, 2.05) is 76.8 Å². The second kappa shape index (κ2) is 25.8. The van der Waals surface area contributed by atoms with Crippen molar-refractivity contribution in [3.05, 3.63) is 113 Å². The van der Waals surface area contributed by atoms with E-state index in [4.69, 9.17) is 32.8 Å². The Hall–Kier alpha value is -6.83. The molecule has 0 saturated heterocycles. The van der Waals surface area contributed by atoms with Crippen LogP contribution in [0.1, 0.15) is 145 Å². The van der Waals surface area contributed by atoms with Gasteiger partial charge in [-0.05, 0) is 139 Å². The highest BCUT2D eigenvalue weighted by Crippen LogP contribution is 2.48. The molecule has 2 aliphatic carbocycles.